The molecule has 0 fully saturated rings. The minimum absolute atomic E-state index is 0.0794. The molecule has 0 saturated carbocycles. The molecule has 4 aromatic rings. The van der Waals surface area contributed by atoms with Gasteiger partial charge in [-0.2, -0.15) is 0 Å². The summed E-state index contributed by atoms with van der Waals surface area (Å²) >= 11 is 12.0. The van der Waals surface area contributed by atoms with Crippen molar-refractivity contribution in [1.29, 1.82) is 0 Å². The van der Waals surface area contributed by atoms with Gasteiger partial charge in [0.25, 0.3) is 5.91 Å². The lowest BCUT2D eigenvalue weighted by Crippen LogP contribution is -2.12. The van der Waals surface area contributed by atoms with E-state index in [9.17, 15) is 4.79 Å². The van der Waals surface area contributed by atoms with Crippen molar-refractivity contribution in [3.05, 3.63) is 93.6 Å². The molecular weight excluding hydrogens is 475 g/mol. The Balaban J connectivity index is 1.31. The molecule has 7 nitrogen and oxygen atoms in total. The van der Waals surface area contributed by atoms with E-state index in [0.29, 0.717) is 22.4 Å². The van der Waals surface area contributed by atoms with Crippen molar-refractivity contribution in [3.63, 3.8) is 0 Å². The quantitative estimate of drug-likeness (QED) is 0.320. The molecule has 0 spiro atoms. The number of amides is 1. The molecule has 0 saturated heterocycles. The van der Waals surface area contributed by atoms with Crippen molar-refractivity contribution in [1.82, 2.24) is 14.8 Å². The van der Waals surface area contributed by atoms with Crippen LogP contribution in [0.1, 0.15) is 48.2 Å². The molecule has 2 aromatic carbocycles. The average molecular weight is 499 g/mol. The maximum atomic E-state index is 12.5. The minimum Gasteiger partial charge on any atom is -0.486 e. The van der Waals surface area contributed by atoms with Crippen molar-refractivity contribution in [2.45, 2.75) is 39.3 Å². The summed E-state index contributed by atoms with van der Waals surface area (Å²) in [5.74, 6) is 1.11. The molecule has 4 rings (SSSR count). The van der Waals surface area contributed by atoms with Crippen LogP contribution in [0.5, 0.6) is 5.75 Å². The number of anilines is 1. The van der Waals surface area contributed by atoms with Gasteiger partial charge in [0.15, 0.2) is 5.76 Å². The van der Waals surface area contributed by atoms with Crippen LogP contribution in [-0.2, 0) is 18.6 Å². The lowest BCUT2D eigenvalue weighted by molar-refractivity contribution is 0.0991. The van der Waals surface area contributed by atoms with E-state index < -0.39 is 5.91 Å². The van der Waals surface area contributed by atoms with Crippen molar-refractivity contribution in [3.8, 4) is 5.75 Å². The topological polar surface area (TPSA) is 82.2 Å². The highest BCUT2D eigenvalue weighted by molar-refractivity contribution is 6.42. The third kappa shape index (κ3) is 5.98. The second-order valence-corrected chi connectivity index (χ2v) is 9.61. The summed E-state index contributed by atoms with van der Waals surface area (Å²) in [4.78, 5) is 16.6. The van der Waals surface area contributed by atoms with Crippen LogP contribution in [0, 0.1) is 0 Å². The molecular formula is C25H24Cl2N4O3. The smallest absolute Gasteiger partial charge is 0.293 e. The number of ether oxygens (including phenoxy) is 1. The first kappa shape index (κ1) is 23.9. The van der Waals surface area contributed by atoms with Crippen molar-refractivity contribution >= 4 is 35.1 Å². The first-order valence-corrected chi connectivity index (χ1v) is 11.4. The van der Waals surface area contributed by atoms with Crippen LogP contribution in [0.15, 0.2) is 65.3 Å². The summed E-state index contributed by atoms with van der Waals surface area (Å²) in [5, 5.41) is 7.84. The summed E-state index contributed by atoms with van der Waals surface area (Å²) in [7, 11) is 0. The number of hydrogen-bond acceptors (Lipinski definition) is 5. The van der Waals surface area contributed by atoms with Gasteiger partial charge in [0.2, 0.25) is 5.95 Å². The molecule has 0 radical (unpaired) electrons. The molecule has 0 aliphatic rings. The molecule has 0 aliphatic heterocycles. The number of rotatable bonds is 7. The van der Waals surface area contributed by atoms with E-state index >= 15 is 0 Å². The molecule has 0 aliphatic carbocycles. The van der Waals surface area contributed by atoms with E-state index in [1.807, 2.05) is 30.3 Å². The number of carbonyl (C=O) groups excluding carboxylic acids is 1. The van der Waals surface area contributed by atoms with Crippen LogP contribution in [0.25, 0.3) is 0 Å². The van der Waals surface area contributed by atoms with E-state index in [2.05, 4.69) is 36.2 Å². The maximum absolute atomic E-state index is 12.5. The highest BCUT2D eigenvalue weighted by Gasteiger charge is 2.15. The lowest BCUT2D eigenvalue weighted by atomic mass is 9.87. The Bertz CT molecular complexity index is 1290. The first-order chi connectivity index (χ1) is 16.2. The van der Waals surface area contributed by atoms with Crippen LogP contribution >= 0.6 is 23.2 Å². The van der Waals surface area contributed by atoms with E-state index in [0.717, 1.165) is 11.3 Å². The zero-order valence-electron chi connectivity index (χ0n) is 19.0. The number of halogens is 2. The summed E-state index contributed by atoms with van der Waals surface area (Å²) in [6, 6.07) is 16.6. The fourth-order valence-electron chi connectivity index (χ4n) is 3.20. The van der Waals surface area contributed by atoms with E-state index in [4.69, 9.17) is 32.4 Å². The number of furan rings is 1. The summed E-state index contributed by atoms with van der Waals surface area (Å²) in [6.45, 7) is 7.12. The second kappa shape index (κ2) is 9.91. The van der Waals surface area contributed by atoms with Crippen molar-refractivity contribution in [2.24, 2.45) is 0 Å². The molecule has 0 bridgehead atoms. The SMILES string of the molecule is CC(C)(C)c1ccc(OCc2ccc(C(=O)Nc3ncn(Cc4ccc(Cl)c(Cl)c4)n3)o2)cc1. The van der Waals surface area contributed by atoms with Gasteiger partial charge in [-0.15, -0.1) is 5.10 Å². The van der Waals surface area contributed by atoms with E-state index in [1.54, 1.807) is 28.9 Å². The Labute approximate surface area is 207 Å². The highest BCUT2D eigenvalue weighted by atomic mass is 35.5. The third-order valence-corrected chi connectivity index (χ3v) is 5.82. The van der Waals surface area contributed by atoms with Crippen LogP contribution < -0.4 is 10.1 Å². The largest absolute Gasteiger partial charge is 0.486 e. The van der Waals surface area contributed by atoms with Crippen LogP contribution in [0.2, 0.25) is 10.0 Å². The molecule has 1 amide bonds. The van der Waals surface area contributed by atoms with Crippen LogP contribution in [0.4, 0.5) is 5.95 Å². The first-order valence-electron chi connectivity index (χ1n) is 10.6. The van der Waals surface area contributed by atoms with Gasteiger partial charge in [-0.05, 0) is 52.9 Å². The minimum atomic E-state index is -0.451. The Morgan fingerprint density at radius 3 is 2.53 bits per heavy atom. The second-order valence-electron chi connectivity index (χ2n) is 8.80. The molecule has 2 aromatic heterocycles. The monoisotopic (exact) mass is 498 g/mol. The number of hydrogen-bond donors (Lipinski definition) is 1. The van der Waals surface area contributed by atoms with Gasteiger partial charge in [0, 0.05) is 0 Å². The fourth-order valence-corrected chi connectivity index (χ4v) is 3.52. The van der Waals surface area contributed by atoms with Gasteiger partial charge in [-0.3, -0.25) is 10.1 Å². The molecule has 2 heterocycles. The van der Waals surface area contributed by atoms with Gasteiger partial charge in [-0.25, -0.2) is 9.67 Å². The van der Waals surface area contributed by atoms with Gasteiger partial charge in [0.1, 0.15) is 24.4 Å². The van der Waals surface area contributed by atoms with Crippen molar-refractivity contribution in [2.75, 3.05) is 5.32 Å². The lowest BCUT2D eigenvalue weighted by Gasteiger charge is -2.19. The van der Waals surface area contributed by atoms with Crippen LogP contribution in [-0.4, -0.2) is 20.7 Å². The zero-order valence-corrected chi connectivity index (χ0v) is 20.5. The number of benzene rings is 2. The Morgan fingerprint density at radius 2 is 1.82 bits per heavy atom. The maximum Gasteiger partial charge on any atom is 0.293 e. The summed E-state index contributed by atoms with van der Waals surface area (Å²) in [5.41, 5.74) is 2.21. The fraction of sp³-hybridized carbons (Fsp3) is 0.240. The van der Waals surface area contributed by atoms with Crippen molar-refractivity contribution < 1.29 is 13.9 Å². The molecule has 34 heavy (non-hydrogen) atoms. The Hall–Kier alpha value is -3.29. The van der Waals surface area contributed by atoms with Gasteiger partial charge in [-0.1, -0.05) is 62.2 Å². The van der Waals surface area contributed by atoms with Crippen LogP contribution in [0.3, 0.4) is 0 Å². The molecule has 0 unspecified atom stereocenters. The average Bonchev–Trinajstić information content (AvgIpc) is 3.44. The Kier molecular flexibility index (Phi) is 6.95. The van der Waals surface area contributed by atoms with Gasteiger partial charge < -0.3 is 9.15 Å². The van der Waals surface area contributed by atoms with Gasteiger partial charge in [0.05, 0.1) is 16.6 Å². The highest BCUT2D eigenvalue weighted by Crippen LogP contribution is 2.25. The standard InChI is InChI=1S/C25H24Cl2N4O3/c1-25(2,3)17-5-7-18(8-6-17)33-14-19-9-11-22(34-19)23(32)29-24-28-15-31(30-24)13-16-4-10-20(26)21(27)12-16/h4-12,15H,13-14H2,1-3H3,(H,29,30,32). The summed E-state index contributed by atoms with van der Waals surface area (Å²) in [6.07, 6.45) is 1.52. The molecule has 9 heteroatoms. The summed E-state index contributed by atoms with van der Waals surface area (Å²) < 4.78 is 13.0. The number of nitrogens with zero attached hydrogens (tertiary/aromatic N) is 3. The Morgan fingerprint density at radius 1 is 1.06 bits per heavy atom. The predicted octanol–water partition coefficient (Wildman–Crippen LogP) is 6.36. The van der Waals surface area contributed by atoms with Gasteiger partial charge >= 0.3 is 0 Å². The zero-order chi connectivity index (χ0) is 24.3. The molecule has 1 N–H and O–H groups in total. The predicted molar refractivity (Wildman–Crippen MR) is 132 cm³/mol. The molecule has 0 atom stereocenters. The van der Waals surface area contributed by atoms with E-state index in [1.165, 1.54) is 11.9 Å². The van der Waals surface area contributed by atoms with E-state index in [-0.39, 0.29) is 23.7 Å². The number of aromatic nitrogens is 3. The number of nitrogens with one attached hydrogen (secondary N) is 1. The molecule has 176 valence electrons. The third-order valence-electron chi connectivity index (χ3n) is 5.08. The normalized spacial score (nSPS) is 11.4. The number of carbonyl (C=O) groups is 1.